The molecule has 2 atom stereocenters. The van der Waals surface area contributed by atoms with Crippen LogP contribution in [0.5, 0.6) is 5.75 Å². The number of hydrogen-bond donors (Lipinski definition) is 0. The molecular formula is C22H27NO2S. The van der Waals surface area contributed by atoms with E-state index in [1.54, 1.807) is 11.3 Å². The van der Waals surface area contributed by atoms with Gasteiger partial charge < -0.3 is 9.64 Å². The van der Waals surface area contributed by atoms with Gasteiger partial charge >= 0.3 is 0 Å². The molecule has 2 fully saturated rings. The van der Waals surface area contributed by atoms with E-state index in [-0.39, 0.29) is 11.7 Å². The molecule has 0 N–H and O–H groups in total. The topological polar surface area (TPSA) is 29.5 Å². The third kappa shape index (κ3) is 4.36. The molecular weight excluding hydrogens is 342 g/mol. The van der Waals surface area contributed by atoms with Gasteiger partial charge in [0.25, 0.3) is 0 Å². The van der Waals surface area contributed by atoms with E-state index in [4.69, 9.17) is 4.74 Å². The lowest BCUT2D eigenvalue weighted by Gasteiger charge is -2.26. The third-order valence-electron chi connectivity index (χ3n) is 5.51. The second-order valence-electron chi connectivity index (χ2n) is 7.46. The van der Waals surface area contributed by atoms with E-state index in [2.05, 4.69) is 22.4 Å². The zero-order chi connectivity index (χ0) is 17.8. The van der Waals surface area contributed by atoms with Gasteiger partial charge in [0.1, 0.15) is 5.75 Å². The van der Waals surface area contributed by atoms with Crippen molar-refractivity contribution in [2.45, 2.75) is 38.0 Å². The lowest BCUT2D eigenvalue weighted by molar-refractivity contribution is 0.0965. The standard InChI is InChI=1S/C22H27NO2S/c24-22(20-16-19(20)21-6-4-15-26-21)17-7-9-18(10-8-17)25-14-5-13-23-11-2-1-3-12-23/h4,6-10,15,19-20H,1-3,5,11-14,16H2. The smallest absolute Gasteiger partial charge is 0.166 e. The van der Waals surface area contributed by atoms with Gasteiger partial charge in [-0.2, -0.15) is 0 Å². The van der Waals surface area contributed by atoms with E-state index >= 15 is 0 Å². The lowest BCUT2D eigenvalue weighted by Crippen LogP contribution is -2.31. The first kappa shape index (κ1) is 17.7. The van der Waals surface area contributed by atoms with Gasteiger partial charge in [-0.1, -0.05) is 12.5 Å². The molecule has 1 saturated heterocycles. The Kier molecular flexibility index (Phi) is 5.71. The SMILES string of the molecule is O=C(c1ccc(OCCCN2CCCCC2)cc1)C1CC1c1cccs1. The molecule has 2 aromatic rings. The molecule has 26 heavy (non-hydrogen) atoms. The van der Waals surface area contributed by atoms with Gasteiger partial charge in [0.2, 0.25) is 0 Å². The van der Waals surface area contributed by atoms with Gasteiger partial charge in [0, 0.05) is 28.8 Å². The van der Waals surface area contributed by atoms with Crippen LogP contribution in [0.15, 0.2) is 41.8 Å². The highest BCUT2D eigenvalue weighted by Crippen LogP contribution is 2.50. The average Bonchev–Trinajstić information content (AvgIpc) is 3.30. The van der Waals surface area contributed by atoms with Gasteiger partial charge in [-0.25, -0.2) is 0 Å². The molecule has 4 heteroatoms. The van der Waals surface area contributed by atoms with Gasteiger partial charge in [0.15, 0.2) is 5.78 Å². The third-order valence-corrected chi connectivity index (χ3v) is 6.51. The minimum absolute atomic E-state index is 0.171. The van der Waals surface area contributed by atoms with E-state index < -0.39 is 0 Å². The molecule has 1 saturated carbocycles. The zero-order valence-electron chi connectivity index (χ0n) is 15.2. The first-order valence-electron chi connectivity index (χ1n) is 9.84. The van der Waals surface area contributed by atoms with Crippen LogP contribution in [0.2, 0.25) is 0 Å². The van der Waals surface area contributed by atoms with Crippen molar-refractivity contribution in [1.82, 2.24) is 4.90 Å². The number of Topliss-reactive ketones (excluding diaryl/α,β-unsaturated/α-hetero) is 1. The highest BCUT2D eigenvalue weighted by atomic mass is 32.1. The average molecular weight is 370 g/mol. The largest absolute Gasteiger partial charge is 0.494 e. The highest BCUT2D eigenvalue weighted by Gasteiger charge is 2.44. The van der Waals surface area contributed by atoms with Crippen LogP contribution in [0.4, 0.5) is 0 Å². The molecule has 2 unspecified atom stereocenters. The van der Waals surface area contributed by atoms with Crippen molar-refractivity contribution in [2.75, 3.05) is 26.2 Å². The predicted molar refractivity (Wildman–Crippen MR) is 106 cm³/mol. The zero-order valence-corrected chi connectivity index (χ0v) is 16.0. The van der Waals surface area contributed by atoms with Crippen molar-refractivity contribution in [3.8, 4) is 5.75 Å². The van der Waals surface area contributed by atoms with E-state index in [0.717, 1.165) is 37.3 Å². The maximum absolute atomic E-state index is 12.6. The summed E-state index contributed by atoms with van der Waals surface area (Å²) in [4.78, 5) is 16.5. The van der Waals surface area contributed by atoms with E-state index in [0.29, 0.717) is 5.92 Å². The number of thiophene rings is 1. The Labute approximate surface area is 160 Å². The summed E-state index contributed by atoms with van der Waals surface area (Å²) in [5, 5.41) is 2.09. The molecule has 1 aliphatic carbocycles. The van der Waals surface area contributed by atoms with Crippen LogP contribution < -0.4 is 4.74 Å². The summed E-state index contributed by atoms with van der Waals surface area (Å²) in [6, 6.07) is 11.9. The van der Waals surface area contributed by atoms with Gasteiger partial charge in [-0.15, -0.1) is 11.3 Å². The molecule has 1 aromatic carbocycles. The number of nitrogens with zero attached hydrogens (tertiary/aromatic N) is 1. The molecule has 1 aromatic heterocycles. The molecule has 0 amide bonds. The van der Waals surface area contributed by atoms with Crippen molar-refractivity contribution in [2.24, 2.45) is 5.92 Å². The summed E-state index contributed by atoms with van der Waals surface area (Å²) in [6.45, 7) is 4.35. The number of likely N-dealkylation sites (tertiary alicyclic amines) is 1. The summed E-state index contributed by atoms with van der Waals surface area (Å²) in [5.41, 5.74) is 0.815. The van der Waals surface area contributed by atoms with Crippen molar-refractivity contribution >= 4 is 17.1 Å². The molecule has 2 aliphatic rings. The normalized spacial score (nSPS) is 22.9. The predicted octanol–water partition coefficient (Wildman–Crippen LogP) is 4.99. The first-order valence-corrected chi connectivity index (χ1v) is 10.7. The first-order chi connectivity index (χ1) is 12.8. The minimum Gasteiger partial charge on any atom is -0.494 e. The van der Waals surface area contributed by atoms with Crippen LogP contribution in [-0.2, 0) is 0 Å². The van der Waals surface area contributed by atoms with Crippen LogP contribution >= 0.6 is 11.3 Å². The Balaban J connectivity index is 1.21. The van der Waals surface area contributed by atoms with E-state index in [1.165, 1.54) is 37.2 Å². The number of benzene rings is 1. The molecule has 0 radical (unpaired) electrons. The Bertz CT molecular complexity index is 704. The summed E-state index contributed by atoms with van der Waals surface area (Å²) >= 11 is 1.76. The number of carbonyl (C=O) groups is 1. The molecule has 138 valence electrons. The number of carbonyl (C=O) groups excluding carboxylic acids is 1. The van der Waals surface area contributed by atoms with Crippen LogP contribution in [0, 0.1) is 5.92 Å². The Hall–Kier alpha value is -1.65. The van der Waals surface area contributed by atoms with Gasteiger partial charge in [-0.05, 0) is 74.5 Å². The van der Waals surface area contributed by atoms with Crippen LogP contribution in [0.3, 0.4) is 0 Å². The number of hydrogen-bond acceptors (Lipinski definition) is 4. The Morgan fingerprint density at radius 3 is 2.65 bits per heavy atom. The molecule has 3 nitrogen and oxygen atoms in total. The second kappa shape index (κ2) is 8.36. The Morgan fingerprint density at radius 2 is 1.92 bits per heavy atom. The molecule has 1 aliphatic heterocycles. The summed E-state index contributed by atoms with van der Waals surface area (Å²) < 4.78 is 5.85. The highest BCUT2D eigenvalue weighted by molar-refractivity contribution is 7.10. The van der Waals surface area contributed by atoms with Crippen molar-refractivity contribution in [3.63, 3.8) is 0 Å². The molecule has 0 spiro atoms. The fourth-order valence-corrected chi connectivity index (χ4v) is 4.80. The second-order valence-corrected chi connectivity index (χ2v) is 8.44. The molecule has 4 rings (SSSR count). The van der Waals surface area contributed by atoms with Crippen LogP contribution in [0.1, 0.15) is 53.3 Å². The summed E-state index contributed by atoms with van der Waals surface area (Å²) in [7, 11) is 0. The molecule has 0 bridgehead atoms. The minimum atomic E-state index is 0.171. The maximum Gasteiger partial charge on any atom is 0.166 e. The monoisotopic (exact) mass is 369 g/mol. The Morgan fingerprint density at radius 1 is 1.12 bits per heavy atom. The fourth-order valence-electron chi connectivity index (χ4n) is 3.89. The maximum atomic E-state index is 12.6. The van der Waals surface area contributed by atoms with Crippen molar-refractivity contribution < 1.29 is 9.53 Å². The van der Waals surface area contributed by atoms with Gasteiger partial charge in [-0.3, -0.25) is 4.79 Å². The summed E-state index contributed by atoms with van der Waals surface area (Å²) in [5.74, 6) is 1.75. The molecule has 2 heterocycles. The van der Waals surface area contributed by atoms with E-state index in [1.807, 2.05) is 24.3 Å². The van der Waals surface area contributed by atoms with Crippen molar-refractivity contribution in [3.05, 3.63) is 52.2 Å². The number of piperidine rings is 1. The van der Waals surface area contributed by atoms with Gasteiger partial charge in [0.05, 0.1) is 6.61 Å². The van der Waals surface area contributed by atoms with Crippen LogP contribution in [-0.4, -0.2) is 36.9 Å². The number of ether oxygens (including phenoxy) is 1. The summed E-state index contributed by atoms with van der Waals surface area (Å²) in [6.07, 6.45) is 6.11. The lowest BCUT2D eigenvalue weighted by atomic mass is 10.1. The quantitative estimate of drug-likeness (QED) is 0.485. The number of ketones is 1. The fraction of sp³-hybridized carbons (Fsp3) is 0.500. The van der Waals surface area contributed by atoms with Crippen molar-refractivity contribution in [1.29, 1.82) is 0 Å². The van der Waals surface area contributed by atoms with E-state index in [9.17, 15) is 4.79 Å². The number of rotatable bonds is 8. The van der Waals surface area contributed by atoms with Crippen LogP contribution in [0.25, 0.3) is 0 Å².